The summed E-state index contributed by atoms with van der Waals surface area (Å²) in [5, 5.41) is 39.0. The molecule has 0 saturated heterocycles. The zero-order valence-electron chi connectivity index (χ0n) is 11.9. The van der Waals surface area contributed by atoms with E-state index in [9.17, 15) is 25.2 Å². The number of fused-ring (bicyclic) bond motifs is 1. The summed E-state index contributed by atoms with van der Waals surface area (Å²) in [6.07, 6.45) is 0. The van der Waals surface area contributed by atoms with Crippen molar-refractivity contribution in [2.75, 3.05) is 7.11 Å². The molecule has 0 unspecified atom stereocenters. The van der Waals surface area contributed by atoms with Gasteiger partial charge in [0.15, 0.2) is 28.6 Å². The normalized spacial score (nSPS) is 10.8. The number of rotatable bonds is 2. The van der Waals surface area contributed by atoms with E-state index in [2.05, 4.69) is 0 Å². The van der Waals surface area contributed by atoms with Crippen molar-refractivity contribution < 1.29 is 29.6 Å². The largest absolute Gasteiger partial charge is 0.504 e. The van der Waals surface area contributed by atoms with E-state index in [0.717, 1.165) is 6.07 Å². The third-order valence-electron chi connectivity index (χ3n) is 3.43. The molecule has 1 aromatic heterocycles. The number of benzene rings is 2. The van der Waals surface area contributed by atoms with Gasteiger partial charge < -0.3 is 29.6 Å². The summed E-state index contributed by atoms with van der Waals surface area (Å²) in [6.45, 7) is 0. The second-order valence-electron chi connectivity index (χ2n) is 4.81. The quantitative estimate of drug-likeness (QED) is 0.535. The average Bonchev–Trinajstić information content (AvgIpc) is 2.55. The molecule has 0 fully saturated rings. The minimum atomic E-state index is -0.761. The van der Waals surface area contributed by atoms with Crippen molar-refractivity contribution >= 4 is 11.0 Å². The van der Waals surface area contributed by atoms with Crippen molar-refractivity contribution in [3.63, 3.8) is 0 Å². The van der Waals surface area contributed by atoms with Crippen LogP contribution in [-0.2, 0) is 0 Å². The van der Waals surface area contributed by atoms with Gasteiger partial charge in [-0.2, -0.15) is 0 Å². The van der Waals surface area contributed by atoms with Gasteiger partial charge in [-0.3, -0.25) is 4.79 Å². The lowest BCUT2D eigenvalue weighted by atomic mass is 10.1. The Bertz CT molecular complexity index is 972. The SMILES string of the molecule is COc1cc(-c2oc3c(O)c(O)ccc3c(=O)c2O)ccc1O. The van der Waals surface area contributed by atoms with Gasteiger partial charge in [-0.1, -0.05) is 0 Å². The van der Waals surface area contributed by atoms with Crippen LogP contribution in [0.3, 0.4) is 0 Å². The average molecular weight is 316 g/mol. The Balaban J connectivity index is 2.36. The summed E-state index contributed by atoms with van der Waals surface area (Å²) < 4.78 is 10.4. The van der Waals surface area contributed by atoms with E-state index in [1.165, 1.54) is 31.4 Å². The van der Waals surface area contributed by atoms with Crippen molar-refractivity contribution in [3.8, 4) is 40.1 Å². The van der Waals surface area contributed by atoms with E-state index in [-0.39, 0.29) is 33.8 Å². The molecule has 0 spiro atoms. The van der Waals surface area contributed by atoms with Gasteiger partial charge in [-0.05, 0) is 30.3 Å². The minimum absolute atomic E-state index is 0.0766. The van der Waals surface area contributed by atoms with Gasteiger partial charge >= 0.3 is 0 Å². The van der Waals surface area contributed by atoms with Crippen LogP contribution < -0.4 is 10.2 Å². The molecule has 0 saturated carbocycles. The third kappa shape index (κ3) is 2.18. The highest BCUT2D eigenvalue weighted by atomic mass is 16.5. The summed E-state index contributed by atoms with van der Waals surface area (Å²) in [7, 11) is 1.35. The Kier molecular flexibility index (Phi) is 3.25. The lowest BCUT2D eigenvalue weighted by Gasteiger charge is -2.09. The van der Waals surface area contributed by atoms with Crippen molar-refractivity contribution in [3.05, 3.63) is 40.6 Å². The van der Waals surface area contributed by atoms with Gasteiger partial charge in [0, 0.05) is 5.56 Å². The Labute approximate surface area is 129 Å². The summed E-state index contributed by atoms with van der Waals surface area (Å²) in [6, 6.07) is 6.43. The molecule has 0 bridgehead atoms. The van der Waals surface area contributed by atoms with Crippen molar-refractivity contribution in [2.24, 2.45) is 0 Å². The third-order valence-corrected chi connectivity index (χ3v) is 3.43. The summed E-state index contributed by atoms with van der Waals surface area (Å²) >= 11 is 0. The zero-order valence-corrected chi connectivity index (χ0v) is 11.9. The van der Waals surface area contributed by atoms with E-state index in [1.807, 2.05) is 0 Å². The fraction of sp³-hybridized carbons (Fsp3) is 0.0625. The monoisotopic (exact) mass is 316 g/mol. The molecule has 118 valence electrons. The van der Waals surface area contributed by atoms with E-state index in [4.69, 9.17) is 9.15 Å². The van der Waals surface area contributed by atoms with Crippen LogP contribution in [0.2, 0.25) is 0 Å². The summed E-state index contributed by atoms with van der Waals surface area (Å²) in [4.78, 5) is 12.2. The van der Waals surface area contributed by atoms with Gasteiger partial charge in [0.2, 0.25) is 16.9 Å². The Morgan fingerprint density at radius 1 is 0.957 bits per heavy atom. The molecule has 4 N–H and O–H groups in total. The fourth-order valence-corrected chi connectivity index (χ4v) is 2.24. The maximum absolute atomic E-state index is 12.2. The van der Waals surface area contributed by atoms with E-state index in [1.54, 1.807) is 0 Å². The molecule has 2 aromatic carbocycles. The van der Waals surface area contributed by atoms with Crippen molar-refractivity contribution in [1.29, 1.82) is 0 Å². The Morgan fingerprint density at radius 3 is 2.35 bits per heavy atom. The Hall–Kier alpha value is -3.35. The number of phenols is 3. The summed E-state index contributed by atoms with van der Waals surface area (Å²) in [5.74, 6) is -1.95. The van der Waals surface area contributed by atoms with Crippen LogP contribution in [0, 0.1) is 0 Å². The van der Waals surface area contributed by atoms with Crippen LogP contribution in [0.25, 0.3) is 22.3 Å². The maximum Gasteiger partial charge on any atom is 0.235 e. The molecule has 23 heavy (non-hydrogen) atoms. The molecule has 0 aliphatic heterocycles. The van der Waals surface area contributed by atoms with Crippen LogP contribution in [0.5, 0.6) is 28.7 Å². The van der Waals surface area contributed by atoms with Crippen molar-refractivity contribution in [2.45, 2.75) is 0 Å². The molecule has 0 aliphatic rings. The predicted molar refractivity (Wildman–Crippen MR) is 81.1 cm³/mol. The van der Waals surface area contributed by atoms with Crippen LogP contribution in [0.4, 0.5) is 0 Å². The highest BCUT2D eigenvalue weighted by Gasteiger charge is 2.19. The lowest BCUT2D eigenvalue weighted by molar-refractivity contribution is 0.373. The smallest absolute Gasteiger partial charge is 0.235 e. The highest BCUT2D eigenvalue weighted by molar-refractivity contribution is 5.88. The number of hydrogen-bond acceptors (Lipinski definition) is 7. The van der Waals surface area contributed by atoms with Gasteiger partial charge in [-0.15, -0.1) is 0 Å². The van der Waals surface area contributed by atoms with Crippen molar-refractivity contribution in [1.82, 2.24) is 0 Å². The Morgan fingerprint density at radius 2 is 1.65 bits per heavy atom. The first-order chi connectivity index (χ1) is 10.9. The van der Waals surface area contributed by atoms with Crippen LogP contribution in [0.1, 0.15) is 0 Å². The second kappa shape index (κ2) is 5.13. The number of methoxy groups -OCH3 is 1. The molecule has 1 heterocycles. The van der Waals surface area contributed by atoms with Crippen LogP contribution in [-0.4, -0.2) is 27.5 Å². The molecule has 0 radical (unpaired) electrons. The molecule has 3 rings (SSSR count). The maximum atomic E-state index is 12.2. The molecular weight excluding hydrogens is 304 g/mol. The zero-order chi connectivity index (χ0) is 16.7. The molecule has 0 amide bonds. The van der Waals surface area contributed by atoms with Gasteiger partial charge in [-0.25, -0.2) is 0 Å². The first-order valence-electron chi connectivity index (χ1n) is 6.52. The molecule has 7 nitrogen and oxygen atoms in total. The standard InChI is InChI=1S/C16H12O7/c1-22-11-6-7(2-4-9(11)17)15-14(21)12(19)8-3-5-10(18)13(20)16(8)23-15/h2-6,17-18,20-21H,1H3. The molecule has 3 aromatic rings. The van der Waals surface area contributed by atoms with E-state index >= 15 is 0 Å². The minimum Gasteiger partial charge on any atom is -0.504 e. The van der Waals surface area contributed by atoms with Gasteiger partial charge in [0.1, 0.15) is 0 Å². The number of aromatic hydroxyl groups is 4. The van der Waals surface area contributed by atoms with Crippen LogP contribution in [0.15, 0.2) is 39.5 Å². The molecule has 0 aliphatic carbocycles. The lowest BCUT2D eigenvalue weighted by Crippen LogP contribution is -2.02. The topological polar surface area (TPSA) is 120 Å². The first kappa shape index (κ1) is 14.6. The number of hydrogen-bond donors (Lipinski definition) is 4. The number of ether oxygens (including phenoxy) is 1. The second-order valence-corrected chi connectivity index (χ2v) is 4.81. The van der Waals surface area contributed by atoms with Crippen LogP contribution >= 0.6 is 0 Å². The van der Waals surface area contributed by atoms with Gasteiger partial charge in [0.05, 0.1) is 12.5 Å². The van der Waals surface area contributed by atoms with E-state index in [0.29, 0.717) is 0 Å². The molecule has 7 heteroatoms. The highest BCUT2D eigenvalue weighted by Crippen LogP contribution is 2.39. The number of phenolic OH excluding ortho intramolecular Hbond substituents is 3. The fourth-order valence-electron chi connectivity index (χ4n) is 2.24. The predicted octanol–water partition coefficient (Wildman–Crippen LogP) is 2.29. The van der Waals surface area contributed by atoms with Gasteiger partial charge in [0.25, 0.3) is 0 Å². The molecule has 0 atom stereocenters. The van der Waals surface area contributed by atoms with E-state index < -0.39 is 22.7 Å². The molecular formula is C16H12O7. The first-order valence-corrected chi connectivity index (χ1v) is 6.52. The summed E-state index contributed by atoms with van der Waals surface area (Å²) in [5.41, 5.74) is -0.766.